The van der Waals surface area contributed by atoms with Crippen LogP contribution in [-0.4, -0.2) is 47.4 Å². The van der Waals surface area contributed by atoms with Crippen LogP contribution in [0.25, 0.3) is 0 Å². The molecule has 3 nitrogen and oxygen atoms in total. The number of rotatable bonds is 7. The van der Waals surface area contributed by atoms with Crippen molar-refractivity contribution in [3.05, 3.63) is 0 Å². The molecule has 0 saturated heterocycles. The van der Waals surface area contributed by atoms with Gasteiger partial charge < -0.3 is 9.84 Å². The van der Waals surface area contributed by atoms with E-state index >= 15 is 0 Å². The van der Waals surface area contributed by atoms with Crippen molar-refractivity contribution in [2.75, 3.05) is 13.2 Å². The number of aliphatic hydroxyl groups excluding tert-OH is 1. The summed E-state index contributed by atoms with van der Waals surface area (Å²) < 4.78 is 6.30. The highest BCUT2D eigenvalue weighted by Gasteiger charge is 2.60. The lowest BCUT2D eigenvalue weighted by atomic mass is 9.70. The van der Waals surface area contributed by atoms with Gasteiger partial charge in [-0.3, -0.25) is 4.90 Å². The third kappa shape index (κ3) is 3.37. The summed E-state index contributed by atoms with van der Waals surface area (Å²) >= 11 is 0. The molecule has 0 aromatic carbocycles. The largest absolute Gasteiger partial charge is 0.389 e. The second-order valence-electron chi connectivity index (χ2n) is 9.17. The van der Waals surface area contributed by atoms with Crippen LogP contribution in [0.5, 0.6) is 0 Å². The van der Waals surface area contributed by atoms with Crippen LogP contribution in [0.3, 0.4) is 0 Å². The molecule has 2 fully saturated rings. The van der Waals surface area contributed by atoms with Crippen molar-refractivity contribution < 1.29 is 9.84 Å². The molecule has 130 valence electrons. The maximum Gasteiger partial charge on any atom is 0.0900 e. The van der Waals surface area contributed by atoms with Crippen molar-refractivity contribution >= 4 is 0 Å². The molecular weight excluding hydrogens is 274 g/mol. The Labute approximate surface area is 137 Å². The number of hydrogen-bond acceptors (Lipinski definition) is 3. The summed E-state index contributed by atoms with van der Waals surface area (Å²) in [4.78, 5) is 2.34. The number of ether oxygens (including phenoxy) is 1. The highest BCUT2D eigenvalue weighted by Crippen LogP contribution is 2.63. The maximum atomic E-state index is 10.4. The van der Waals surface area contributed by atoms with Gasteiger partial charge >= 0.3 is 0 Å². The molecule has 2 aliphatic carbocycles. The van der Waals surface area contributed by atoms with Crippen LogP contribution in [-0.2, 0) is 4.74 Å². The molecule has 22 heavy (non-hydrogen) atoms. The number of fused-ring (bicyclic) bond motifs is 2. The molecule has 0 aliphatic heterocycles. The second-order valence-corrected chi connectivity index (χ2v) is 9.17. The van der Waals surface area contributed by atoms with E-state index in [-0.39, 0.29) is 5.41 Å². The molecule has 0 spiro atoms. The Kier molecular flexibility index (Phi) is 5.31. The van der Waals surface area contributed by atoms with E-state index in [9.17, 15) is 5.11 Å². The first-order chi connectivity index (χ1) is 10.1. The summed E-state index contributed by atoms with van der Waals surface area (Å²) in [5.41, 5.74) is 0.576. The van der Waals surface area contributed by atoms with Gasteiger partial charge in [0, 0.05) is 18.6 Å². The molecule has 2 aliphatic rings. The molecule has 0 amide bonds. The lowest BCUT2D eigenvalue weighted by molar-refractivity contribution is -0.115. The summed E-state index contributed by atoms with van der Waals surface area (Å²) in [5, 5.41) is 10.4. The normalized spacial score (nSPS) is 35.0. The number of hydrogen-bond donors (Lipinski definition) is 1. The van der Waals surface area contributed by atoms with E-state index in [1.165, 1.54) is 19.3 Å². The van der Waals surface area contributed by atoms with E-state index in [1.54, 1.807) is 0 Å². The molecule has 2 saturated carbocycles. The quantitative estimate of drug-likeness (QED) is 0.778. The molecule has 0 radical (unpaired) electrons. The van der Waals surface area contributed by atoms with Gasteiger partial charge in [-0.05, 0) is 63.7 Å². The lowest BCUT2D eigenvalue weighted by Crippen LogP contribution is -2.46. The van der Waals surface area contributed by atoms with E-state index < -0.39 is 6.10 Å². The first kappa shape index (κ1) is 18.2. The fourth-order valence-electron chi connectivity index (χ4n) is 5.19. The van der Waals surface area contributed by atoms with Crippen LogP contribution in [0.4, 0.5) is 0 Å². The summed E-state index contributed by atoms with van der Waals surface area (Å²) in [6.45, 7) is 17.0. The van der Waals surface area contributed by atoms with Crippen molar-refractivity contribution in [3.8, 4) is 0 Å². The first-order valence-electron chi connectivity index (χ1n) is 9.13. The number of nitrogens with zero attached hydrogens (tertiary/aromatic N) is 1. The Morgan fingerprint density at radius 3 is 2.18 bits per heavy atom. The minimum atomic E-state index is -0.400. The molecule has 2 bridgehead atoms. The lowest BCUT2D eigenvalue weighted by Gasteiger charge is -2.43. The van der Waals surface area contributed by atoms with Gasteiger partial charge in [0.2, 0.25) is 0 Å². The molecule has 1 N–H and O–H groups in total. The first-order valence-corrected chi connectivity index (χ1v) is 9.13. The maximum absolute atomic E-state index is 10.4. The van der Waals surface area contributed by atoms with Gasteiger partial charge in [-0.15, -0.1) is 0 Å². The van der Waals surface area contributed by atoms with Gasteiger partial charge in [0.1, 0.15) is 0 Å². The molecular formula is C19H37NO2. The van der Waals surface area contributed by atoms with Crippen LogP contribution in [0.1, 0.15) is 67.7 Å². The minimum Gasteiger partial charge on any atom is -0.389 e. The molecule has 2 rings (SSSR count). The van der Waals surface area contributed by atoms with Crippen LogP contribution in [0.2, 0.25) is 0 Å². The molecule has 3 heteroatoms. The monoisotopic (exact) mass is 311 g/mol. The smallest absolute Gasteiger partial charge is 0.0900 e. The highest BCUT2D eigenvalue weighted by molar-refractivity contribution is 5.09. The summed E-state index contributed by atoms with van der Waals surface area (Å²) in [6.07, 6.45) is 3.82. The summed E-state index contributed by atoms with van der Waals surface area (Å²) in [6, 6.07) is 0.900. The Balaban J connectivity index is 1.90. The fourth-order valence-corrected chi connectivity index (χ4v) is 5.19. The van der Waals surface area contributed by atoms with E-state index in [4.69, 9.17) is 4.74 Å². The Bertz CT molecular complexity index is 367. The predicted molar refractivity (Wildman–Crippen MR) is 92.0 cm³/mol. The summed E-state index contributed by atoms with van der Waals surface area (Å²) in [5.74, 6) is 0.794. The third-order valence-corrected chi connectivity index (χ3v) is 6.34. The molecule has 4 atom stereocenters. The third-order valence-electron chi connectivity index (χ3n) is 6.34. The molecule has 0 heterocycles. The average Bonchev–Trinajstić information content (AvgIpc) is 2.85. The van der Waals surface area contributed by atoms with Crippen LogP contribution in [0, 0.1) is 16.7 Å². The van der Waals surface area contributed by atoms with Crippen molar-refractivity contribution in [2.24, 2.45) is 16.7 Å². The van der Waals surface area contributed by atoms with Crippen molar-refractivity contribution in [1.82, 2.24) is 4.90 Å². The highest BCUT2D eigenvalue weighted by atomic mass is 16.5. The second kappa shape index (κ2) is 6.41. The SMILES string of the molecule is CC(C)N(C[C@@H](O)CO[C@H]1C(C)(C)[C@H]2CC[C@@]1(C)C2)C(C)C. The Morgan fingerprint density at radius 2 is 1.73 bits per heavy atom. The Morgan fingerprint density at radius 1 is 1.14 bits per heavy atom. The zero-order valence-electron chi connectivity index (χ0n) is 15.7. The van der Waals surface area contributed by atoms with Gasteiger partial charge in [0.25, 0.3) is 0 Å². The van der Waals surface area contributed by atoms with Crippen LogP contribution >= 0.6 is 0 Å². The van der Waals surface area contributed by atoms with Crippen molar-refractivity contribution in [3.63, 3.8) is 0 Å². The van der Waals surface area contributed by atoms with Crippen LogP contribution < -0.4 is 0 Å². The zero-order valence-corrected chi connectivity index (χ0v) is 15.7. The number of aliphatic hydroxyl groups is 1. The molecule has 0 aromatic rings. The van der Waals surface area contributed by atoms with E-state index in [1.807, 2.05) is 0 Å². The van der Waals surface area contributed by atoms with Gasteiger partial charge in [-0.1, -0.05) is 20.8 Å². The fraction of sp³-hybridized carbons (Fsp3) is 1.00. The Hall–Kier alpha value is -0.120. The van der Waals surface area contributed by atoms with Gasteiger partial charge in [-0.2, -0.15) is 0 Å². The molecule has 0 aromatic heterocycles. The minimum absolute atomic E-state index is 0.252. The van der Waals surface area contributed by atoms with E-state index in [0.29, 0.717) is 36.8 Å². The standard InChI is InChI=1S/C19H37NO2/c1-13(2)20(14(3)4)11-16(21)12-22-17-18(5,6)15-8-9-19(17,7)10-15/h13-17,21H,8-12H2,1-7H3/t15-,16+,17-,19-/m0/s1. The van der Waals surface area contributed by atoms with Crippen LogP contribution in [0.15, 0.2) is 0 Å². The molecule has 0 unspecified atom stereocenters. The van der Waals surface area contributed by atoms with Gasteiger partial charge in [0.05, 0.1) is 18.8 Å². The summed E-state index contributed by atoms with van der Waals surface area (Å²) in [7, 11) is 0. The predicted octanol–water partition coefficient (Wildman–Crippen LogP) is 3.70. The average molecular weight is 312 g/mol. The van der Waals surface area contributed by atoms with Gasteiger partial charge in [-0.25, -0.2) is 0 Å². The topological polar surface area (TPSA) is 32.7 Å². The van der Waals surface area contributed by atoms with E-state index in [0.717, 1.165) is 5.92 Å². The van der Waals surface area contributed by atoms with Gasteiger partial charge in [0.15, 0.2) is 0 Å². The van der Waals surface area contributed by atoms with Crippen molar-refractivity contribution in [1.29, 1.82) is 0 Å². The zero-order chi connectivity index (χ0) is 16.7. The van der Waals surface area contributed by atoms with E-state index in [2.05, 4.69) is 53.4 Å². The van der Waals surface area contributed by atoms with Crippen molar-refractivity contribution in [2.45, 2.75) is 92.0 Å².